The lowest BCUT2D eigenvalue weighted by molar-refractivity contribution is 0.0773. The number of ether oxygens (including phenoxy) is 1. The summed E-state index contributed by atoms with van der Waals surface area (Å²) in [6.07, 6.45) is 2.80. The van der Waals surface area contributed by atoms with Crippen molar-refractivity contribution >= 4 is 18.3 Å². The Hall–Kier alpha value is -2.15. The summed E-state index contributed by atoms with van der Waals surface area (Å²) in [6, 6.07) is 11.8. The Morgan fingerprint density at radius 1 is 1.18 bits per heavy atom. The number of hydrogen-bond acceptors (Lipinski definition) is 5. The smallest absolute Gasteiger partial charge is 0.253 e. The van der Waals surface area contributed by atoms with Crippen LogP contribution in [0.3, 0.4) is 0 Å². The van der Waals surface area contributed by atoms with Crippen molar-refractivity contribution in [1.29, 1.82) is 0 Å². The molecule has 0 bridgehead atoms. The van der Waals surface area contributed by atoms with Crippen LogP contribution in [0.1, 0.15) is 16.8 Å². The van der Waals surface area contributed by atoms with Gasteiger partial charge in [-0.2, -0.15) is 0 Å². The molecule has 1 N–H and O–H groups in total. The second kappa shape index (κ2) is 9.37. The molecule has 0 aliphatic carbocycles. The molecule has 2 aliphatic heterocycles. The number of hydrogen-bond donors (Lipinski definition) is 1. The van der Waals surface area contributed by atoms with Crippen LogP contribution < -0.4 is 10.1 Å². The summed E-state index contributed by atoms with van der Waals surface area (Å²) >= 11 is 0. The van der Waals surface area contributed by atoms with Crippen LogP contribution in [0.25, 0.3) is 11.3 Å². The summed E-state index contributed by atoms with van der Waals surface area (Å²) in [6.45, 7) is 5.84. The van der Waals surface area contributed by atoms with E-state index < -0.39 is 0 Å². The van der Waals surface area contributed by atoms with Crippen molar-refractivity contribution < 1.29 is 9.53 Å². The minimum atomic E-state index is 0. The first-order chi connectivity index (χ1) is 13.3. The maximum Gasteiger partial charge on any atom is 0.253 e. The highest BCUT2D eigenvalue weighted by molar-refractivity contribution is 5.96. The number of nitrogens with zero attached hydrogens (tertiary/aromatic N) is 3. The van der Waals surface area contributed by atoms with Gasteiger partial charge in [-0.1, -0.05) is 6.07 Å². The van der Waals surface area contributed by atoms with Crippen LogP contribution in [0.5, 0.6) is 5.75 Å². The number of amides is 1. The predicted octanol–water partition coefficient (Wildman–Crippen LogP) is 2.30. The molecular weight excluding hydrogens is 376 g/mol. The van der Waals surface area contributed by atoms with Crippen molar-refractivity contribution in [3.63, 3.8) is 0 Å². The average molecular weight is 403 g/mol. The molecule has 2 aliphatic rings. The number of benzene rings is 1. The highest BCUT2D eigenvalue weighted by Gasteiger charge is 2.31. The topological polar surface area (TPSA) is 57.7 Å². The third kappa shape index (κ3) is 4.29. The van der Waals surface area contributed by atoms with Gasteiger partial charge in [-0.15, -0.1) is 12.4 Å². The lowest BCUT2D eigenvalue weighted by atomic mass is 10.1. The number of piperazine rings is 1. The zero-order valence-corrected chi connectivity index (χ0v) is 17.0. The molecule has 2 saturated heterocycles. The van der Waals surface area contributed by atoms with E-state index in [1.807, 2.05) is 41.3 Å². The summed E-state index contributed by atoms with van der Waals surface area (Å²) in [4.78, 5) is 22.0. The van der Waals surface area contributed by atoms with Crippen molar-refractivity contribution in [3.05, 3.63) is 48.2 Å². The van der Waals surface area contributed by atoms with Crippen molar-refractivity contribution in [3.8, 4) is 17.0 Å². The van der Waals surface area contributed by atoms with Crippen molar-refractivity contribution in [2.75, 3.05) is 46.4 Å². The summed E-state index contributed by atoms with van der Waals surface area (Å²) < 4.78 is 5.48. The summed E-state index contributed by atoms with van der Waals surface area (Å²) in [5.74, 6) is 0.817. The van der Waals surface area contributed by atoms with E-state index in [2.05, 4.69) is 15.2 Å². The van der Waals surface area contributed by atoms with Gasteiger partial charge in [0.1, 0.15) is 5.75 Å². The van der Waals surface area contributed by atoms with Gasteiger partial charge in [-0.3, -0.25) is 14.7 Å². The highest BCUT2D eigenvalue weighted by Crippen LogP contribution is 2.30. The number of halogens is 1. The van der Waals surface area contributed by atoms with Crippen molar-refractivity contribution in [1.82, 2.24) is 20.1 Å². The van der Waals surface area contributed by atoms with E-state index in [-0.39, 0.29) is 18.3 Å². The molecule has 0 radical (unpaired) electrons. The quantitative estimate of drug-likeness (QED) is 0.850. The Morgan fingerprint density at radius 2 is 2.00 bits per heavy atom. The largest absolute Gasteiger partial charge is 0.496 e. The first kappa shape index (κ1) is 20.6. The molecule has 150 valence electrons. The standard InChI is InChI=1S/C21H26N4O2.ClH/c1-27-20-6-5-16(14-18(20)19-4-2-3-8-23-19)21(26)25-11-7-17(15-25)24-12-9-22-10-13-24;/h2-6,8,14,17,22H,7,9-13,15H2,1H3;1H. The van der Waals surface area contributed by atoms with E-state index in [9.17, 15) is 4.79 Å². The van der Waals surface area contributed by atoms with Gasteiger partial charge in [0.15, 0.2) is 0 Å². The van der Waals surface area contributed by atoms with Gasteiger partial charge < -0.3 is 15.0 Å². The summed E-state index contributed by atoms with van der Waals surface area (Å²) in [7, 11) is 1.64. The van der Waals surface area contributed by atoms with E-state index in [1.165, 1.54) is 0 Å². The molecule has 2 aromatic rings. The van der Waals surface area contributed by atoms with E-state index in [4.69, 9.17) is 4.74 Å². The number of carbonyl (C=O) groups excluding carboxylic acids is 1. The van der Waals surface area contributed by atoms with Crippen LogP contribution in [0.4, 0.5) is 0 Å². The van der Waals surface area contributed by atoms with Crippen LogP contribution >= 0.6 is 12.4 Å². The van der Waals surface area contributed by atoms with Gasteiger partial charge in [0.25, 0.3) is 5.91 Å². The van der Waals surface area contributed by atoms with E-state index >= 15 is 0 Å². The van der Waals surface area contributed by atoms with Gasteiger partial charge in [0.05, 0.1) is 12.8 Å². The summed E-state index contributed by atoms with van der Waals surface area (Å²) in [5.41, 5.74) is 2.35. The molecule has 0 spiro atoms. The zero-order chi connectivity index (χ0) is 18.6. The number of methoxy groups -OCH3 is 1. The summed E-state index contributed by atoms with van der Waals surface area (Å²) in [5, 5.41) is 3.39. The van der Waals surface area contributed by atoms with E-state index in [0.29, 0.717) is 11.6 Å². The number of pyridine rings is 1. The Labute approximate surface area is 172 Å². The van der Waals surface area contributed by atoms with Gasteiger partial charge in [-0.25, -0.2) is 0 Å². The Kier molecular flexibility index (Phi) is 6.88. The minimum Gasteiger partial charge on any atom is -0.496 e. The second-order valence-electron chi connectivity index (χ2n) is 7.11. The molecule has 0 saturated carbocycles. The first-order valence-electron chi connectivity index (χ1n) is 9.60. The lowest BCUT2D eigenvalue weighted by Gasteiger charge is -2.32. The fourth-order valence-electron chi connectivity index (χ4n) is 4.02. The molecule has 7 heteroatoms. The highest BCUT2D eigenvalue weighted by atomic mass is 35.5. The molecule has 28 heavy (non-hydrogen) atoms. The van der Waals surface area contributed by atoms with Gasteiger partial charge in [-0.05, 0) is 36.8 Å². The third-order valence-electron chi connectivity index (χ3n) is 5.51. The molecular formula is C21H27ClN4O2. The number of rotatable bonds is 4. The molecule has 2 fully saturated rings. The van der Waals surface area contributed by atoms with Crippen LogP contribution in [0, 0.1) is 0 Å². The van der Waals surface area contributed by atoms with Gasteiger partial charge in [0.2, 0.25) is 0 Å². The minimum absolute atomic E-state index is 0. The van der Waals surface area contributed by atoms with Crippen LogP contribution in [-0.2, 0) is 0 Å². The van der Waals surface area contributed by atoms with Crippen LogP contribution in [-0.4, -0.2) is 73.1 Å². The van der Waals surface area contributed by atoms with Crippen LogP contribution in [0.15, 0.2) is 42.6 Å². The zero-order valence-electron chi connectivity index (χ0n) is 16.1. The van der Waals surface area contributed by atoms with Crippen molar-refractivity contribution in [2.45, 2.75) is 12.5 Å². The van der Waals surface area contributed by atoms with Crippen LogP contribution in [0.2, 0.25) is 0 Å². The maximum atomic E-state index is 13.1. The molecule has 1 atom stereocenters. The van der Waals surface area contributed by atoms with E-state index in [1.54, 1.807) is 13.3 Å². The SMILES string of the molecule is COc1ccc(C(=O)N2CCC(N3CCNCC3)C2)cc1-c1ccccn1.Cl. The van der Waals surface area contributed by atoms with E-state index in [0.717, 1.165) is 62.7 Å². The number of carbonyl (C=O) groups is 1. The van der Waals surface area contributed by atoms with Crippen molar-refractivity contribution in [2.24, 2.45) is 0 Å². The normalized spacial score (nSPS) is 19.9. The second-order valence-corrected chi connectivity index (χ2v) is 7.11. The fraction of sp³-hybridized carbons (Fsp3) is 0.429. The average Bonchev–Trinajstić information content (AvgIpc) is 3.24. The molecule has 1 aromatic heterocycles. The molecule has 1 unspecified atom stereocenters. The molecule has 1 aromatic carbocycles. The molecule has 4 rings (SSSR count). The maximum absolute atomic E-state index is 13.1. The number of nitrogens with one attached hydrogen (secondary N) is 1. The molecule has 6 nitrogen and oxygen atoms in total. The lowest BCUT2D eigenvalue weighted by Crippen LogP contribution is -2.49. The Bertz CT molecular complexity index is 796. The van der Waals surface area contributed by atoms with Gasteiger partial charge >= 0.3 is 0 Å². The molecule has 1 amide bonds. The Balaban J connectivity index is 0.00000225. The first-order valence-corrected chi connectivity index (χ1v) is 9.60. The monoisotopic (exact) mass is 402 g/mol. The molecule has 3 heterocycles. The number of likely N-dealkylation sites (tertiary alicyclic amines) is 1. The Morgan fingerprint density at radius 3 is 2.71 bits per heavy atom. The number of aromatic nitrogens is 1. The van der Waals surface area contributed by atoms with Gasteiger partial charge in [0, 0.05) is 62.6 Å². The predicted molar refractivity (Wildman–Crippen MR) is 112 cm³/mol. The third-order valence-corrected chi connectivity index (χ3v) is 5.51. The fourth-order valence-corrected chi connectivity index (χ4v) is 4.02.